The molecule has 0 atom stereocenters. The maximum atomic E-state index is 13.4. The van der Waals surface area contributed by atoms with E-state index in [1.807, 2.05) is 0 Å². The van der Waals surface area contributed by atoms with E-state index in [1.54, 1.807) is 6.07 Å². The van der Waals surface area contributed by atoms with Gasteiger partial charge in [-0.25, -0.2) is 12.8 Å². The monoisotopic (exact) mass is 320 g/mol. The molecule has 7 heteroatoms. The van der Waals surface area contributed by atoms with Crippen LogP contribution in [0.3, 0.4) is 0 Å². The molecular weight excluding hydrogens is 314 g/mol. The van der Waals surface area contributed by atoms with Gasteiger partial charge in [0.05, 0.1) is 9.92 Å². The zero-order chi connectivity index (χ0) is 14.0. The summed E-state index contributed by atoms with van der Waals surface area (Å²) >= 11 is 5.87. The summed E-state index contributed by atoms with van der Waals surface area (Å²) in [5.74, 6) is -0.422. The first-order valence-corrected chi connectivity index (χ1v) is 7.73. The molecule has 0 saturated heterocycles. The van der Waals surface area contributed by atoms with Crippen LogP contribution in [0.25, 0.3) is 0 Å². The van der Waals surface area contributed by atoms with E-state index >= 15 is 0 Å². The summed E-state index contributed by atoms with van der Waals surface area (Å²) in [4.78, 5) is -0.153. The molecule has 2 aromatic rings. The topological polar surface area (TPSA) is 43.4 Å². The lowest BCUT2D eigenvalue weighted by Gasteiger charge is -2.08. The van der Waals surface area contributed by atoms with Gasteiger partial charge in [0, 0.05) is 10.7 Å². The Hall–Kier alpha value is -1.30. The zero-order valence-electron chi connectivity index (χ0n) is 9.31. The third-order valence-electron chi connectivity index (χ3n) is 2.24. The maximum absolute atomic E-state index is 13.4. The first-order valence-electron chi connectivity index (χ1n) is 5.04. The van der Waals surface area contributed by atoms with Crippen LogP contribution < -0.4 is 4.74 Å². The van der Waals surface area contributed by atoms with Crippen molar-refractivity contribution >= 4 is 31.3 Å². The van der Waals surface area contributed by atoms with Crippen molar-refractivity contribution in [2.45, 2.75) is 4.90 Å². The number of hydrogen-bond acceptors (Lipinski definition) is 3. The van der Waals surface area contributed by atoms with Gasteiger partial charge in [-0.2, -0.15) is 0 Å². The minimum atomic E-state index is -3.86. The van der Waals surface area contributed by atoms with Gasteiger partial charge in [-0.15, -0.1) is 0 Å². The third-order valence-corrected chi connectivity index (χ3v) is 3.89. The van der Waals surface area contributed by atoms with Crippen molar-refractivity contribution in [3.63, 3.8) is 0 Å². The van der Waals surface area contributed by atoms with Crippen molar-refractivity contribution in [1.29, 1.82) is 0 Å². The van der Waals surface area contributed by atoms with Gasteiger partial charge < -0.3 is 4.74 Å². The largest absolute Gasteiger partial charge is 0.453 e. The SMILES string of the molecule is O=S(=O)(Cl)c1ccc(Oc2ccccc2F)c(Cl)c1. The van der Waals surface area contributed by atoms with E-state index in [0.29, 0.717) is 0 Å². The minimum Gasteiger partial charge on any atom is -0.453 e. The van der Waals surface area contributed by atoms with Gasteiger partial charge in [0.2, 0.25) is 0 Å². The molecule has 0 N–H and O–H groups in total. The molecule has 0 amide bonds. The predicted octanol–water partition coefficient (Wildman–Crippen LogP) is 4.20. The van der Waals surface area contributed by atoms with E-state index in [1.165, 1.54) is 30.3 Å². The number of para-hydroxylation sites is 1. The second kappa shape index (κ2) is 5.36. The number of benzene rings is 2. The average Bonchev–Trinajstić information content (AvgIpc) is 2.33. The van der Waals surface area contributed by atoms with E-state index in [0.717, 1.165) is 6.07 Å². The van der Waals surface area contributed by atoms with Gasteiger partial charge in [-0.05, 0) is 30.3 Å². The Morgan fingerprint density at radius 3 is 2.32 bits per heavy atom. The van der Waals surface area contributed by atoms with Crippen molar-refractivity contribution in [3.8, 4) is 11.5 Å². The van der Waals surface area contributed by atoms with Crippen LogP contribution >= 0.6 is 22.3 Å². The summed E-state index contributed by atoms with van der Waals surface area (Å²) in [6.07, 6.45) is 0. The van der Waals surface area contributed by atoms with Crippen LogP contribution in [0.4, 0.5) is 4.39 Å². The highest BCUT2D eigenvalue weighted by Gasteiger charge is 2.14. The minimum absolute atomic E-state index is 0.00844. The number of rotatable bonds is 3. The van der Waals surface area contributed by atoms with Crippen molar-refractivity contribution in [2.24, 2.45) is 0 Å². The molecule has 3 nitrogen and oxygen atoms in total. The Kier molecular flexibility index (Phi) is 3.99. The molecule has 100 valence electrons. The number of halogens is 3. The molecule has 0 bridgehead atoms. The third kappa shape index (κ3) is 3.37. The second-order valence-corrected chi connectivity index (χ2v) is 6.54. The van der Waals surface area contributed by atoms with E-state index in [2.05, 4.69) is 0 Å². The first-order chi connectivity index (χ1) is 8.88. The van der Waals surface area contributed by atoms with E-state index in [4.69, 9.17) is 27.0 Å². The zero-order valence-corrected chi connectivity index (χ0v) is 11.6. The molecule has 2 rings (SSSR count). The quantitative estimate of drug-likeness (QED) is 0.796. The van der Waals surface area contributed by atoms with Gasteiger partial charge in [0.1, 0.15) is 5.75 Å². The molecule has 0 spiro atoms. The molecule has 0 aliphatic carbocycles. The van der Waals surface area contributed by atoms with Crippen molar-refractivity contribution in [3.05, 3.63) is 53.3 Å². The summed E-state index contributed by atoms with van der Waals surface area (Å²) < 4.78 is 40.9. The van der Waals surface area contributed by atoms with Crippen LogP contribution in [0.15, 0.2) is 47.4 Å². The fraction of sp³-hybridized carbons (Fsp3) is 0. The molecule has 0 unspecified atom stereocenters. The Labute approximate surface area is 119 Å². The van der Waals surface area contributed by atoms with E-state index < -0.39 is 14.9 Å². The van der Waals surface area contributed by atoms with Gasteiger partial charge in [-0.1, -0.05) is 23.7 Å². The Balaban J connectivity index is 2.36. The second-order valence-electron chi connectivity index (χ2n) is 3.56. The molecule has 2 aromatic carbocycles. The average molecular weight is 321 g/mol. The van der Waals surface area contributed by atoms with Crippen molar-refractivity contribution in [2.75, 3.05) is 0 Å². The maximum Gasteiger partial charge on any atom is 0.261 e. The molecule has 0 heterocycles. The molecule has 19 heavy (non-hydrogen) atoms. The predicted molar refractivity (Wildman–Crippen MR) is 71.0 cm³/mol. The summed E-state index contributed by atoms with van der Waals surface area (Å²) in [6, 6.07) is 9.46. The Morgan fingerprint density at radius 1 is 1.05 bits per heavy atom. The summed E-state index contributed by atoms with van der Waals surface area (Å²) in [6.45, 7) is 0. The van der Waals surface area contributed by atoms with Gasteiger partial charge in [0.25, 0.3) is 9.05 Å². The van der Waals surface area contributed by atoms with Gasteiger partial charge in [0.15, 0.2) is 11.6 Å². The van der Waals surface area contributed by atoms with Crippen molar-refractivity contribution < 1.29 is 17.5 Å². The summed E-state index contributed by atoms with van der Waals surface area (Å²) in [5.41, 5.74) is 0. The Morgan fingerprint density at radius 2 is 1.74 bits per heavy atom. The Bertz CT molecular complexity index is 717. The van der Waals surface area contributed by atoms with Gasteiger partial charge >= 0.3 is 0 Å². The lowest BCUT2D eigenvalue weighted by Crippen LogP contribution is -1.93. The highest BCUT2D eigenvalue weighted by Crippen LogP contribution is 2.33. The molecule has 0 aromatic heterocycles. The van der Waals surface area contributed by atoms with Crippen LogP contribution in [0, 0.1) is 5.82 Å². The smallest absolute Gasteiger partial charge is 0.261 e. The molecular formula is C12H7Cl2FO3S. The van der Waals surface area contributed by atoms with E-state index in [-0.39, 0.29) is 21.4 Å². The molecule has 0 fully saturated rings. The number of hydrogen-bond donors (Lipinski definition) is 0. The summed E-state index contributed by atoms with van der Waals surface area (Å²) in [7, 11) is 1.32. The normalized spacial score (nSPS) is 11.3. The van der Waals surface area contributed by atoms with Crippen LogP contribution in [-0.2, 0) is 9.05 Å². The molecule has 0 saturated carbocycles. The van der Waals surface area contributed by atoms with Crippen LogP contribution in [0.5, 0.6) is 11.5 Å². The fourth-order valence-corrected chi connectivity index (χ4v) is 2.42. The standard InChI is InChI=1S/C12H7Cl2FO3S/c13-9-7-8(19(14,16)17)5-6-11(9)18-12-4-2-1-3-10(12)15/h1-7H. The molecule has 0 aliphatic heterocycles. The summed E-state index contributed by atoms with van der Waals surface area (Å²) in [5, 5.41) is 0.0185. The molecule has 0 radical (unpaired) electrons. The highest BCUT2D eigenvalue weighted by atomic mass is 35.7. The fourth-order valence-electron chi connectivity index (χ4n) is 1.36. The van der Waals surface area contributed by atoms with E-state index in [9.17, 15) is 12.8 Å². The van der Waals surface area contributed by atoms with Crippen molar-refractivity contribution in [1.82, 2.24) is 0 Å². The first kappa shape index (κ1) is 14.1. The van der Waals surface area contributed by atoms with Crippen LogP contribution in [0.2, 0.25) is 5.02 Å². The van der Waals surface area contributed by atoms with Crippen LogP contribution in [-0.4, -0.2) is 8.42 Å². The molecule has 0 aliphatic rings. The van der Waals surface area contributed by atoms with Crippen LogP contribution in [0.1, 0.15) is 0 Å². The van der Waals surface area contributed by atoms with Gasteiger partial charge in [-0.3, -0.25) is 0 Å². The number of ether oxygens (including phenoxy) is 1. The lowest BCUT2D eigenvalue weighted by atomic mass is 10.3. The lowest BCUT2D eigenvalue weighted by molar-refractivity contribution is 0.442. The highest BCUT2D eigenvalue weighted by molar-refractivity contribution is 8.13.